The number of thiophene rings is 1. The van der Waals surface area contributed by atoms with Crippen molar-refractivity contribution in [2.24, 2.45) is 0 Å². The van der Waals surface area contributed by atoms with Crippen LogP contribution in [0.1, 0.15) is 28.3 Å². The van der Waals surface area contributed by atoms with Gasteiger partial charge in [0.05, 0.1) is 18.8 Å². The van der Waals surface area contributed by atoms with E-state index in [4.69, 9.17) is 0 Å². The lowest BCUT2D eigenvalue weighted by molar-refractivity contribution is 0.0748. The van der Waals surface area contributed by atoms with Gasteiger partial charge in [-0.15, -0.1) is 16.4 Å². The molecule has 1 aliphatic rings. The first-order valence-corrected chi connectivity index (χ1v) is 7.60. The van der Waals surface area contributed by atoms with Crippen LogP contribution in [0.4, 0.5) is 0 Å². The van der Waals surface area contributed by atoms with E-state index in [-0.39, 0.29) is 5.91 Å². The number of rotatable bonds is 5. The third-order valence-corrected chi connectivity index (χ3v) is 4.32. The number of hydrogen-bond donors (Lipinski definition) is 1. The van der Waals surface area contributed by atoms with Gasteiger partial charge in [-0.1, -0.05) is 11.3 Å². The Morgan fingerprint density at radius 3 is 3.05 bits per heavy atom. The van der Waals surface area contributed by atoms with E-state index in [2.05, 4.69) is 15.6 Å². The highest BCUT2D eigenvalue weighted by Gasteiger charge is 2.23. The summed E-state index contributed by atoms with van der Waals surface area (Å²) in [6.07, 6.45) is 1.75. The van der Waals surface area contributed by atoms with Crippen LogP contribution < -0.4 is 5.32 Å². The molecular weight excluding hydrogens is 274 g/mol. The van der Waals surface area contributed by atoms with Crippen LogP contribution >= 0.6 is 11.3 Å². The summed E-state index contributed by atoms with van der Waals surface area (Å²) >= 11 is 1.66. The SMILES string of the molecule is CCN(Cc1cccs1)C(=O)c1cn(C2CNC2)nn1. The van der Waals surface area contributed by atoms with E-state index in [1.54, 1.807) is 27.1 Å². The smallest absolute Gasteiger partial charge is 0.276 e. The van der Waals surface area contributed by atoms with Crippen LogP contribution in [-0.4, -0.2) is 45.4 Å². The van der Waals surface area contributed by atoms with Crippen molar-refractivity contribution in [2.45, 2.75) is 19.5 Å². The van der Waals surface area contributed by atoms with Gasteiger partial charge in [0.2, 0.25) is 0 Å². The predicted octanol–water partition coefficient (Wildman–Crippen LogP) is 1.15. The molecule has 0 aliphatic carbocycles. The van der Waals surface area contributed by atoms with Crippen molar-refractivity contribution in [1.82, 2.24) is 25.2 Å². The van der Waals surface area contributed by atoms with Crippen molar-refractivity contribution in [3.63, 3.8) is 0 Å². The maximum atomic E-state index is 12.4. The molecule has 20 heavy (non-hydrogen) atoms. The standard InChI is InChI=1S/C13H17N5OS/c1-2-17(8-11-4-3-5-20-11)13(19)12-9-18(16-15-12)10-6-14-7-10/h3-5,9-10,14H,2,6-8H2,1H3. The molecule has 7 heteroatoms. The molecule has 0 bridgehead atoms. The number of aromatic nitrogens is 3. The van der Waals surface area contributed by atoms with Gasteiger partial charge in [-0.2, -0.15) is 0 Å². The molecule has 6 nitrogen and oxygen atoms in total. The van der Waals surface area contributed by atoms with Crippen LogP contribution in [0.3, 0.4) is 0 Å². The van der Waals surface area contributed by atoms with Crippen molar-refractivity contribution in [1.29, 1.82) is 0 Å². The summed E-state index contributed by atoms with van der Waals surface area (Å²) in [5, 5.41) is 13.3. The molecule has 1 N–H and O–H groups in total. The minimum absolute atomic E-state index is 0.0561. The summed E-state index contributed by atoms with van der Waals surface area (Å²) in [6.45, 7) is 5.05. The van der Waals surface area contributed by atoms with E-state index in [0.717, 1.165) is 13.1 Å². The van der Waals surface area contributed by atoms with Gasteiger partial charge < -0.3 is 10.2 Å². The molecule has 106 valence electrons. The minimum atomic E-state index is -0.0561. The Morgan fingerprint density at radius 2 is 2.45 bits per heavy atom. The largest absolute Gasteiger partial charge is 0.332 e. The van der Waals surface area contributed by atoms with Gasteiger partial charge in [0.15, 0.2) is 5.69 Å². The van der Waals surface area contributed by atoms with Crippen LogP contribution in [0, 0.1) is 0 Å². The zero-order valence-corrected chi connectivity index (χ0v) is 12.1. The zero-order valence-electron chi connectivity index (χ0n) is 11.3. The average Bonchev–Trinajstić information content (AvgIpc) is 3.04. The normalized spacial score (nSPS) is 15.1. The van der Waals surface area contributed by atoms with Gasteiger partial charge in [0.25, 0.3) is 5.91 Å². The summed E-state index contributed by atoms with van der Waals surface area (Å²) in [6, 6.07) is 4.37. The molecular formula is C13H17N5OS. The van der Waals surface area contributed by atoms with E-state index in [1.807, 2.05) is 24.4 Å². The quantitative estimate of drug-likeness (QED) is 0.897. The monoisotopic (exact) mass is 291 g/mol. The fraction of sp³-hybridized carbons (Fsp3) is 0.462. The summed E-state index contributed by atoms with van der Waals surface area (Å²) in [5.41, 5.74) is 0.426. The molecule has 0 aromatic carbocycles. The van der Waals surface area contributed by atoms with E-state index in [0.29, 0.717) is 24.8 Å². The topological polar surface area (TPSA) is 63.1 Å². The van der Waals surface area contributed by atoms with Crippen molar-refractivity contribution < 1.29 is 4.79 Å². The Morgan fingerprint density at radius 1 is 1.60 bits per heavy atom. The molecule has 0 saturated carbocycles. The Balaban J connectivity index is 1.70. The van der Waals surface area contributed by atoms with Crippen LogP contribution in [-0.2, 0) is 6.54 Å². The molecule has 1 saturated heterocycles. The molecule has 3 rings (SSSR count). The molecule has 1 aliphatic heterocycles. The lowest BCUT2D eigenvalue weighted by Gasteiger charge is -2.26. The molecule has 0 unspecified atom stereocenters. The Labute approximate surface area is 121 Å². The molecule has 0 radical (unpaired) electrons. The molecule has 0 atom stereocenters. The lowest BCUT2D eigenvalue weighted by atomic mass is 10.2. The second kappa shape index (κ2) is 5.72. The highest BCUT2D eigenvalue weighted by molar-refractivity contribution is 7.09. The minimum Gasteiger partial charge on any atom is -0.332 e. The van der Waals surface area contributed by atoms with E-state index in [9.17, 15) is 4.79 Å². The van der Waals surface area contributed by atoms with Crippen molar-refractivity contribution in [3.8, 4) is 0 Å². The van der Waals surface area contributed by atoms with Gasteiger partial charge in [0.1, 0.15) is 0 Å². The van der Waals surface area contributed by atoms with Gasteiger partial charge in [-0.05, 0) is 18.4 Å². The van der Waals surface area contributed by atoms with Crippen molar-refractivity contribution in [2.75, 3.05) is 19.6 Å². The average molecular weight is 291 g/mol. The summed E-state index contributed by atoms with van der Waals surface area (Å²) in [4.78, 5) is 15.4. The summed E-state index contributed by atoms with van der Waals surface area (Å²) < 4.78 is 1.78. The molecule has 1 amide bonds. The van der Waals surface area contributed by atoms with Crippen LogP contribution in [0.25, 0.3) is 0 Å². The van der Waals surface area contributed by atoms with Crippen LogP contribution in [0.15, 0.2) is 23.7 Å². The first-order valence-electron chi connectivity index (χ1n) is 6.72. The fourth-order valence-electron chi connectivity index (χ4n) is 2.09. The Bertz CT molecular complexity index is 575. The van der Waals surface area contributed by atoms with Gasteiger partial charge in [0, 0.05) is 24.5 Å². The van der Waals surface area contributed by atoms with Gasteiger partial charge >= 0.3 is 0 Å². The van der Waals surface area contributed by atoms with E-state index in [1.165, 1.54) is 4.88 Å². The van der Waals surface area contributed by atoms with Crippen LogP contribution in [0.2, 0.25) is 0 Å². The summed E-state index contributed by atoms with van der Waals surface area (Å²) in [7, 11) is 0. The second-order valence-electron chi connectivity index (χ2n) is 4.79. The van der Waals surface area contributed by atoms with Gasteiger partial charge in [-0.25, -0.2) is 4.68 Å². The number of nitrogens with one attached hydrogen (secondary N) is 1. The lowest BCUT2D eigenvalue weighted by Crippen LogP contribution is -2.43. The number of amides is 1. The highest BCUT2D eigenvalue weighted by atomic mass is 32.1. The van der Waals surface area contributed by atoms with Crippen molar-refractivity contribution in [3.05, 3.63) is 34.3 Å². The number of nitrogens with zero attached hydrogens (tertiary/aromatic N) is 4. The maximum Gasteiger partial charge on any atom is 0.276 e. The first kappa shape index (κ1) is 13.3. The molecule has 1 fully saturated rings. The third-order valence-electron chi connectivity index (χ3n) is 3.46. The molecule has 2 aromatic heterocycles. The Hall–Kier alpha value is -1.73. The second-order valence-corrected chi connectivity index (χ2v) is 5.83. The van der Waals surface area contributed by atoms with Crippen LogP contribution in [0.5, 0.6) is 0 Å². The van der Waals surface area contributed by atoms with Gasteiger partial charge in [-0.3, -0.25) is 4.79 Å². The predicted molar refractivity (Wildman–Crippen MR) is 76.7 cm³/mol. The molecule has 3 heterocycles. The molecule has 0 spiro atoms. The first-order chi connectivity index (χ1) is 9.78. The van der Waals surface area contributed by atoms with Crippen molar-refractivity contribution >= 4 is 17.2 Å². The number of hydrogen-bond acceptors (Lipinski definition) is 5. The summed E-state index contributed by atoms with van der Waals surface area (Å²) in [5.74, 6) is -0.0561. The molecule has 2 aromatic rings. The number of carbonyl (C=O) groups excluding carboxylic acids is 1. The highest BCUT2D eigenvalue weighted by Crippen LogP contribution is 2.15. The number of carbonyl (C=O) groups is 1. The Kier molecular flexibility index (Phi) is 3.79. The third kappa shape index (κ3) is 2.59. The zero-order chi connectivity index (χ0) is 13.9. The maximum absolute atomic E-state index is 12.4. The van der Waals surface area contributed by atoms with E-state index >= 15 is 0 Å². The fourth-order valence-corrected chi connectivity index (χ4v) is 2.81. The van der Waals surface area contributed by atoms with E-state index < -0.39 is 0 Å².